The Bertz CT molecular complexity index is 497. The number of thiazole rings is 1. The molecule has 1 aromatic heterocycles. The van der Waals surface area contributed by atoms with E-state index in [0.29, 0.717) is 23.0 Å². The molecule has 0 saturated carbocycles. The molecule has 0 aliphatic heterocycles. The summed E-state index contributed by atoms with van der Waals surface area (Å²) in [5.74, 6) is -0.145. The summed E-state index contributed by atoms with van der Waals surface area (Å²) in [7, 11) is 3.36. The van der Waals surface area contributed by atoms with Gasteiger partial charge in [0, 0.05) is 19.5 Å². The standard InChI is InChI=1S/C14H24N4O2S/c1-8(2)6-10(14(20)18(4)5)16-12(19)11-7-21-13(17-11)9(3)15/h7-10H,6,15H2,1-5H3,(H,16,19). The van der Waals surface area contributed by atoms with E-state index >= 15 is 0 Å². The summed E-state index contributed by atoms with van der Waals surface area (Å²) in [5, 5.41) is 5.15. The second-order valence-corrected chi connectivity index (χ2v) is 6.64. The first kappa shape index (κ1) is 17.6. The van der Waals surface area contributed by atoms with Gasteiger partial charge in [0.05, 0.1) is 6.04 Å². The minimum absolute atomic E-state index is 0.111. The number of carbonyl (C=O) groups is 2. The lowest BCUT2D eigenvalue weighted by Crippen LogP contribution is -2.47. The molecule has 0 fully saturated rings. The van der Waals surface area contributed by atoms with Crippen LogP contribution in [0.1, 0.15) is 48.7 Å². The number of hydrogen-bond acceptors (Lipinski definition) is 5. The number of aromatic nitrogens is 1. The van der Waals surface area contributed by atoms with E-state index in [4.69, 9.17) is 5.73 Å². The molecular formula is C14H24N4O2S. The van der Waals surface area contributed by atoms with Crippen molar-refractivity contribution in [2.75, 3.05) is 14.1 Å². The minimum atomic E-state index is -0.534. The van der Waals surface area contributed by atoms with E-state index in [1.807, 2.05) is 20.8 Å². The van der Waals surface area contributed by atoms with Crippen LogP contribution in [0.25, 0.3) is 0 Å². The summed E-state index contributed by atoms with van der Waals surface area (Å²) < 4.78 is 0. The van der Waals surface area contributed by atoms with Crippen molar-refractivity contribution in [2.45, 2.75) is 39.3 Å². The first-order valence-corrected chi connectivity index (χ1v) is 7.83. The van der Waals surface area contributed by atoms with Gasteiger partial charge in [-0.05, 0) is 19.3 Å². The zero-order valence-corrected chi connectivity index (χ0v) is 14.0. The summed E-state index contributed by atoms with van der Waals surface area (Å²) in [4.78, 5) is 30.0. The molecule has 118 valence electrons. The van der Waals surface area contributed by atoms with Crippen molar-refractivity contribution >= 4 is 23.2 Å². The smallest absolute Gasteiger partial charge is 0.271 e. The van der Waals surface area contributed by atoms with Gasteiger partial charge < -0.3 is 16.0 Å². The maximum atomic E-state index is 12.2. The average Bonchev–Trinajstić information content (AvgIpc) is 2.86. The molecule has 1 rings (SSSR count). The van der Waals surface area contributed by atoms with Crippen LogP contribution in [0.15, 0.2) is 5.38 Å². The SMILES string of the molecule is CC(C)CC(NC(=O)c1csc(C(C)N)n1)C(=O)N(C)C. The molecule has 0 bridgehead atoms. The van der Waals surface area contributed by atoms with Gasteiger partial charge in [-0.15, -0.1) is 11.3 Å². The first-order chi connectivity index (χ1) is 9.72. The molecule has 0 aliphatic rings. The fourth-order valence-electron chi connectivity index (χ4n) is 1.84. The van der Waals surface area contributed by atoms with Gasteiger partial charge >= 0.3 is 0 Å². The van der Waals surface area contributed by atoms with E-state index in [0.717, 1.165) is 0 Å². The van der Waals surface area contributed by atoms with Crippen LogP contribution >= 0.6 is 11.3 Å². The zero-order valence-electron chi connectivity index (χ0n) is 13.2. The van der Waals surface area contributed by atoms with Crippen LogP contribution in [0.5, 0.6) is 0 Å². The number of carbonyl (C=O) groups excluding carboxylic acids is 2. The van der Waals surface area contributed by atoms with Crippen molar-refractivity contribution in [3.63, 3.8) is 0 Å². The second kappa shape index (κ2) is 7.51. The third kappa shape index (κ3) is 5.09. The topological polar surface area (TPSA) is 88.3 Å². The molecule has 3 N–H and O–H groups in total. The van der Waals surface area contributed by atoms with Crippen LogP contribution in [0.2, 0.25) is 0 Å². The van der Waals surface area contributed by atoms with Crippen molar-refractivity contribution in [2.24, 2.45) is 11.7 Å². The number of nitrogens with one attached hydrogen (secondary N) is 1. The lowest BCUT2D eigenvalue weighted by molar-refractivity contribution is -0.131. The van der Waals surface area contributed by atoms with E-state index < -0.39 is 6.04 Å². The zero-order chi connectivity index (χ0) is 16.2. The lowest BCUT2D eigenvalue weighted by atomic mass is 10.0. The van der Waals surface area contributed by atoms with Gasteiger partial charge in [-0.1, -0.05) is 13.8 Å². The van der Waals surface area contributed by atoms with Crippen LogP contribution in [0, 0.1) is 5.92 Å². The lowest BCUT2D eigenvalue weighted by Gasteiger charge is -2.22. The highest BCUT2D eigenvalue weighted by Gasteiger charge is 2.25. The minimum Gasteiger partial charge on any atom is -0.347 e. The fourth-order valence-corrected chi connectivity index (χ4v) is 2.60. The molecule has 2 atom stereocenters. The van der Waals surface area contributed by atoms with Gasteiger partial charge in [0.1, 0.15) is 16.7 Å². The average molecular weight is 312 g/mol. The highest BCUT2D eigenvalue weighted by atomic mass is 32.1. The Labute approximate surface area is 129 Å². The summed E-state index contributed by atoms with van der Waals surface area (Å²) in [6.07, 6.45) is 0.590. The molecule has 7 heteroatoms. The molecule has 0 aromatic carbocycles. The van der Waals surface area contributed by atoms with E-state index in [-0.39, 0.29) is 17.9 Å². The van der Waals surface area contributed by atoms with Gasteiger partial charge in [-0.3, -0.25) is 9.59 Å². The summed E-state index contributed by atoms with van der Waals surface area (Å²) in [6, 6.07) is -0.737. The van der Waals surface area contributed by atoms with Crippen LogP contribution < -0.4 is 11.1 Å². The predicted octanol–water partition coefficient (Wildman–Crippen LogP) is 1.40. The van der Waals surface area contributed by atoms with E-state index in [9.17, 15) is 9.59 Å². The Hall–Kier alpha value is -1.47. The fraction of sp³-hybridized carbons (Fsp3) is 0.643. The molecule has 1 heterocycles. The van der Waals surface area contributed by atoms with Gasteiger partial charge in [0.2, 0.25) is 5.91 Å². The number of likely N-dealkylation sites (N-methyl/N-ethyl adjacent to an activating group) is 1. The van der Waals surface area contributed by atoms with Crippen molar-refractivity contribution in [1.82, 2.24) is 15.2 Å². The van der Waals surface area contributed by atoms with Gasteiger partial charge in [-0.25, -0.2) is 4.98 Å². The number of hydrogen-bond donors (Lipinski definition) is 2. The summed E-state index contributed by atoms with van der Waals surface area (Å²) in [5.41, 5.74) is 6.05. The van der Waals surface area contributed by atoms with Gasteiger partial charge in [0.25, 0.3) is 5.91 Å². The quantitative estimate of drug-likeness (QED) is 0.831. The Kier molecular flexibility index (Phi) is 6.29. The van der Waals surface area contributed by atoms with E-state index in [2.05, 4.69) is 10.3 Å². The van der Waals surface area contributed by atoms with E-state index in [1.165, 1.54) is 16.2 Å². The Balaban J connectivity index is 2.81. The van der Waals surface area contributed by atoms with Crippen molar-refractivity contribution in [1.29, 1.82) is 0 Å². The van der Waals surface area contributed by atoms with Crippen molar-refractivity contribution < 1.29 is 9.59 Å². The molecular weight excluding hydrogens is 288 g/mol. The molecule has 0 aliphatic carbocycles. The third-order valence-corrected chi connectivity index (χ3v) is 3.94. The number of rotatable bonds is 6. The molecule has 21 heavy (non-hydrogen) atoms. The predicted molar refractivity (Wildman–Crippen MR) is 84.1 cm³/mol. The van der Waals surface area contributed by atoms with Gasteiger partial charge in [0.15, 0.2) is 0 Å². The molecule has 0 saturated heterocycles. The largest absolute Gasteiger partial charge is 0.347 e. The summed E-state index contributed by atoms with van der Waals surface area (Å²) in [6.45, 7) is 5.84. The normalized spacial score (nSPS) is 13.9. The first-order valence-electron chi connectivity index (χ1n) is 6.95. The third-order valence-electron chi connectivity index (χ3n) is 2.90. The molecule has 1 aromatic rings. The molecule has 6 nitrogen and oxygen atoms in total. The maximum Gasteiger partial charge on any atom is 0.271 e. The van der Waals surface area contributed by atoms with Crippen LogP contribution in [-0.2, 0) is 4.79 Å². The molecule has 0 spiro atoms. The summed E-state index contributed by atoms with van der Waals surface area (Å²) >= 11 is 1.35. The molecule has 0 radical (unpaired) electrons. The number of nitrogens with two attached hydrogens (primary N) is 1. The highest BCUT2D eigenvalue weighted by Crippen LogP contribution is 2.16. The van der Waals surface area contributed by atoms with Crippen LogP contribution in [0.4, 0.5) is 0 Å². The van der Waals surface area contributed by atoms with Gasteiger partial charge in [-0.2, -0.15) is 0 Å². The number of nitrogens with zero attached hydrogens (tertiary/aromatic N) is 2. The maximum absolute atomic E-state index is 12.2. The van der Waals surface area contributed by atoms with Crippen LogP contribution in [-0.4, -0.2) is 41.8 Å². The highest BCUT2D eigenvalue weighted by molar-refractivity contribution is 7.09. The van der Waals surface area contributed by atoms with Crippen LogP contribution in [0.3, 0.4) is 0 Å². The molecule has 2 unspecified atom stereocenters. The van der Waals surface area contributed by atoms with Crippen molar-refractivity contribution in [3.8, 4) is 0 Å². The Morgan fingerprint density at radius 1 is 1.38 bits per heavy atom. The van der Waals surface area contributed by atoms with E-state index in [1.54, 1.807) is 19.5 Å². The second-order valence-electron chi connectivity index (χ2n) is 5.75. The molecule has 2 amide bonds. The van der Waals surface area contributed by atoms with Crippen molar-refractivity contribution in [3.05, 3.63) is 16.1 Å². The monoisotopic (exact) mass is 312 g/mol. The Morgan fingerprint density at radius 2 is 2.00 bits per heavy atom. The number of amides is 2. The Morgan fingerprint density at radius 3 is 2.43 bits per heavy atom.